The third-order valence-electron chi connectivity index (χ3n) is 1.58. The van der Waals surface area contributed by atoms with Crippen molar-refractivity contribution in [3.63, 3.8) is 0 Å². The smallest absolute Gasteiger partial charge is 0.233 e. The molecule has 1 atom stereocenters. The zero-order chi connectivity index (χ0) is 11.3. The summed E-state index contributed by atoms with van der Waals surface area (Å²) in [6.07, 6.45) is 1.28. The van der Waals surface area contributed by atoms with Crippen molar-refractivity contribution in [1.82, 2.24) is 9.97 Å². The molecule has 0 N–H and O–H groups in total. The molecular formula is C9H12BrClN2O2. The molecule has 0 spiro atoms. The molecule has 84 valence electrons. The van der Waals surface area contributed by atoms with Crippen molar-refractivity contribution in [2.45, 2.75) is 20.0 Å². The summed E-state index contributed by atoms with van der Waals surface area (Å²) in [7, 11) is 0. The molecule has 1 unspecified atom stereocenters. The number of aromatic nitrogens is 2. The summed E-state index contributed by atoms with van der Waals surface area (Å²) in [5.41, 5.74) is 0. The highest BCUT2D eigenvalue weighted by molar-refractivity contribution is 9.10. The quantitative estimate of drug-likeness (QED) is 0.784. The molecule has 0 radical (unpaired) electrons. The fourth-order valence-corrected chi connectivity index (χ4v) is 1.35. The van der Waals surface area contributed by atoms with Crippen LogP contribution >= 0.6 is 27.5 Å². The van der Waals surface area contributed by atoms with Crippen LogP contribution in [0.4, 0.5) is 0 Å². The summed E-state index contributed by atoms with van der Waals surface area (Å²) >= 11 is 9.05. The van der Waals surface area contributed by atoms with E-state index in [0.717, 1.165) is 0 Å². The van der Waals surface area contributed by atoms with Crippen molar-refractivity contribution in [3.05, 3.63) is 16.0 Å². The molecule has 0 aliphatic heterocycles. The Morgan fingerprint density at radius 2 is 2.27 bits per heavy atom. The second-order valence-electron chi connectivity index (χ2n) is 2.87. The Kier molecular flexibility index (Phi) is 5.28. The zero-order valence-corrected chi connectivity index (χ0v) is 10.9. The standard InChI is InChI=1S/C9H12BrClN2O2/c1-3-14-4-6(2)15-9-7(10)8(11)12-5-13-9/h5-6H,3-4H2,1-2H3. The van der Waals surface area contributed by atoms with Gasteiger partial charge in [-0.05, 0) is 29.8 Å². The molecule has 1 rings (SSSR count). The van der Waals surface area contributed by atoms with Crippen LogP contribution in [0.2, 0.25) is 5.15 Å². The average molecular weight is 296 g/mol. The molecule has 0 fully saturated rings. The molecule has 0 bridgehead atoms. The highest BCUT2D eigenvalue weighted by Crippen LogP contribution is 2.28. The van der Waals surface area contributed by atoms with Gasteiger partial charge in [-0.25, -0.2) is 9.97 Å². The van der Waals surface area contributed by atoms with E-state index in [1.165, 1.54) is 6.33 Å². The van der Waals surface area contributed by atoms with E-state index in [9.17, 15) is 0 Å². The Hall–Kier alpha value is -0.390. The first kappa shape index (κ1) is 12.7. The van der Waals surface area contributed by atoms with E-state index in [4.69, 9.17) is 21.1 Å². The maximum absolute atomic E-state index is 5.79. The lowest BCUT2D eigenvalue weighted by Crippen LogP contribution is -2.19. The lowest BCUT2D eigenvalue weighted by molar-refractivity contribution is 0.0628. The zero-order valence-electron chi connectivity index (χ0n) is 8.54. The second-order valence-corrected chi connectivity index (χ2v) is 4.02. The summed E-state index contributed by atoms with van der Waals surface area (Å²) < 4.78 is 11.3. The van der Waals surface area contributed by atoms with Crippen LogP contribution < -0.4 is 4.74 Å². The summed E-state index contributed by atoms with van der Waals surface area (Å²) in [6, 6.07) is 0. The molecule has 0 aliphatic rings. The average Bonchev–Trinajstić information content (AvgIpc) is 2.22. The van der Waals surface area contributed by atoms with Crippen molar-refractivity contribution in [2.24, 2.45) is 0 Å². The van der Waals surface area contributed by atoms with E-state index in [-0.39, 0.29) is 6.10 Å². The Bertz CT molecular complexity index is 325. The van der Waals surface area contributed by atoms with E-state index < -0.39 is 0 Å². The van der Waals surface area contributed by atoms with Gasteiger partial charge in [0.25, 0.3) is 0 Å². The molecule has 0 aromatic carbocycles. The van der Waals surface area contributed by atoms with Gasteiger partial charge in [-0.2, -0.15) is 0 Å². The van der Waals surface area contributed by atoms with E-state index in [1.807, 2.05) is 13.8 Å². The molecule has 1 aromatic heterocycles. The minimum Gasteiger partial charge on any atom is -0.471 e. The Morgan fingerprint density at radius 1 is 1.53 bits per heavy atom. The van der Waals surface area contributed by atoms with Gasteiger partial charge in [-0.1, -0.05) is 11.6 Å². The Balaban J connectivity index is 2.60. The molecule has 0 amide bonds. The van der Waals surface area contributed by atoms with Crippen LogP contribution in [-0.4, -0.2) is 29.3 Å². The molecule has 0 saturated heterocycles. The van der Waals surface area contributed by atoms with E-state index in [2.05, 4.69) is 25.9 Å². The molecule has 1 aromatic rings. The van der Waals surface area contributed by atoms with Gasteiger partial charge in [0.2, 0.25) is 5.88 Å². The van der Waals surface area contributed by atoms with Gasteiger partial charge in [0.1, 0.15) is 16.9 Å². The molecule has 6 heteroatoms. The highest BCUT2D eigenvalue weighted by atomic mass is 79.9. The summed E-state index contributed by atoms with van der Waals surface area (Å²) in [5.74, 6) is 0.433. The maximum Gasteiger partial charge on any atom is 0.233 e. The lowest BCUT2D eigenvalue weighted by Gasteiger charge is -2.14. The van der Waals surface area contributed by atoms with Gasteiger partial charge in [0, 0.05) is 6.61 Å². The van der Waals surface area contributed by atoms with Gasteiger partial charge in [-0.15, -0.1) is 0 Å². The van der Waals surface area contributed by atoms with Crippen molar-refractivity contribution in [3.8, 4) is 5.88 Å². The number of hydrogen-bond donors (Lipinski definition) is 0. The van der Waals surface area contributed by atoms with Gasteiger partial charge in [-0.3, -0.25) is 0 Å². The van der Waals surface area contributed by atoms with Crippen LogP contribution in [0.1, 0.15) is 13.8 Å². The third-order valence-corrected chi connectivity index (χ3v) is 2.81. The maximum atomic E-state index is 5.79. The van der Waals surface area contributed by atoms with Crippen LogP contribution in [0.25, 0.3) is 0 Å². The van der Waals surface area contributed by atoms with Gasteiger partial charge in [0.15, 0.2) is 5.15 Å². The summed E-state index contributed by atoms with van der Waals surface area (Å²) in [4.78, 5) is 7.77. The van der Waals surface area contributed by atoms with Crippen LogP contribution in [0, 0.1) is 0 Å². The summed E-state index contributed by atoms with van der Waals surface area (Å²) in [5, 5.41) is 0.337. The predicted octanol–water partition coefficient (Wildman–Crippen LogP) is 2.70. The van der Waals surface area contributed by atoms with Gasteiger partial charge in [0.05, 0.1) is 6.61 Å². The Labute approximate surface area is 102 Å². The number of nitrogens with zero attached hydrogens (tertiary/aromatic N) is 2. The van der Waals surface area contributed by atoms with Gasteiger partial charge >= 0.3 is 0 Å². The monoisotopic (exact) mass is 294 g/mol. The Morgan fingerprint density at radius 3 is 2.93 bits per heavy atom. The first-order valence-electron chi connectivity index (χ1n) is 4.55. The lowest BCUT2D eigenvalue weighted by atomic mass is 10.4. The fourth-order valence-electron chi connectivity index (χ4n) is 0.924. The number of hydrogen-bond acceptors (Lipinski definition) is 4. The van der Waals surface area contributed by atoms with Crippen LogP contribution in [-0.2, 0) is 4.74 Å². The van der Waals surface area contributed by atoms with E-state index in [1.54, 1.807) is 0 Å². The minimum absolute atomic E-state index is 0.0767. The van der Waals surface area contributed by atoms with Crippen LogP contribution in [0.15, 0.2) is 10.8 Å². The largest absolute Gasteiger partial charge is 0.471 e. The van der Waals surface area contributed by atoms with Crippen molar-refractivity contribution in [2.75, 3.05) is 13.2 Å². The highest BCUT2D eigenvalue weighted by Gasteiger charge is 2.11. The molecular weight excluding hydrogens is 283 g/mol. The van der Waals surface area contributed by atoms with Gasteiger partial charge < -0.3 is 9.47 Å². The predicted molar refractivity (Wildman–Crippen MR) is 61.3 cm³/mol. The van der Waals surface area contributed by atoms with Crippen molar-refractivity contribution in [1.29, 1.82) is 0 Å². The summed E-state index contributed by atoms with van der Waals surface area (Å²) in [6.45, 7) is 5.02. The minimum atomic E-state index is -0.0767. The molecule has 15 heavy (non-hydrogen) atoms. The van der Waals surface area contributed by atoms with Crippen LogP contribution in [0.5, 0.6) is 5.88 Å². The topological polar surface area (TPSA) is 44.2 Å². The van der Waals surface area contributed by atoms with Crippen molar-refractivity contribution >= 4 is 27.5 Å². The van der Waals surface area contributed by atoms with Crippen LogP contribution in [0.3, 0.4) is 0 Å². The fraction of sp³-hybridized carbons (Fsp3) is 0.556. The normalized spacial score (nSPS) is 12.5. The number of ether oxygens (including phenoxy) is 2. The molecule has 4 nitrogen and oxygen atoms in total. The number of rotatable bonds is 5. The van der Waals surface area contributed by atoms with Crippen molar-refractivity contribution < 1.29 is 9.47 Å². The molecule has 0 saturated carbocycles. The van der Waals surface area contributed by atoms with E-state index in [0.29, 0.717) is 28.7 Å². The van der Waals surface area contributed by atoms with E-state index >= 15 is 0 Å². The first-order valence-corrected chi connectivity index (χ1v) is 5.72. The molecule has 1 heterocycles. The SMILES string of the molecule is CCOCC(C)Oc1ncnc(Cl)c1Br. The number of halogens is 2. The third kappa shape index (κ3) is 3.93. The second kappa shape index (κ2) is 6.25. The molecule has 0 aliphatic carbocycles. The first-order chi connectivity index (χ1) is 7.15.